The Bertz CT molecular complexity index is 391. The average Bonchev–Trinajstić information content (AvgIpc) is 2.34. The molecule has 0 fully saturated rings. The third kappa shape index (κ3) is 2.85. The molecule has 2 aromatic rings. The molecule has 0 radical (unpaired) electrons. The van der Waals surface area contributed by atoms with Gasteiger partial charge >= 0.3 is 0 Å². The molecule has 0 bridgehead atoms. The predicted octanol–water partition coefficient (Wildman–Crippen LogP) is 2.33. The second-order valence-corrected chi connectivity index (χ2v) is 3.24. The van der Waals surface area contributed by atoms with Gasteiger partial charge in [0.25, 0.3) is 0 Å². The average molecular weight is 214 g/mol. The molecule has 0 aliphatic heterocycles. The van der Waals surface area contributed by atoms with Crippen molar-refractivity contribution in [3.63, 3.8) is 0 Å². The summed E-state index contributed by atoms with van der Waals surface area (Å²) < 4.78 is 0. The lowest BCUT2D eigenvalue weighted by atomic mass is 10.1. The van der Waals surface area contributed by atoms with Gasteiger partial charge in [-0.3, -0.25) is 0 Å². The number of nitrogens with two attached hydrogens (primary N) is 2. The first-order valence-corrected chi connectivity index (χ1v) is 4.76. The van der Waals surface area contributed by atoms with Crippen LogP contribution >= 0.6 is 0 Å². The Morgan fingerprint density at radius 3 is 1.12 bits per heavy atom. The van der Waals surface area contributed by atoms with E-state index in [0.29, 0.717) is 0 Å². The van der Waals surface area contributed by atoms with E-state index in [1.165, 1.54) is 0 Å². The van der Waals surface area contributed by atoms with E-state index in [4.69, 9.17) is 16.3 Å². The molecule has 82 valence electrons. The number of carbonyl (C=O) groups excluding carboxylic acids is 1. The van der Waals surface area contributed by atoms with Crippen LogP contribution in [0.4, 0.5) is 11.4 Å². The monoisotopic (exact) mass is 214 g/mol. The molecule has 0 saturated heterocycles. The number of benzene rings is 2. The van der Waals surface area contributed by atoms with Crippen LogP contribution in [-0.2, 0) is 4.79 Å². The topological polar surface area (TPSA) is 69.1 Å². The summed E-state index contributed by atoms with van der Waals surface area (Å²) >= 11 is 0. The van der Waals surface area contributed by atoms with Crippen LogP contribution in [0.5, 0.6) is 0 Å². The fourth-order valence-corrected chi connectivity index (χ4v) is 1.35. The van der Waals surface area contributed by atoms with Crippen LogP contribution in [-0.4, -0.2) is 6.79 Å². The number of rotatable bonds is 1. The molecule has 0 aromatic heterocycles. The van der Waals surface area contributed by atoms with Gasteiger partial charge in [0.05, 0.1) is 0 Å². The Morgan fingerprint density at radius 1 is 0.625 bits per heavy atom. The summed E-state index contributed by atoms with van der Waals surface area (Å²) in [5, 5.41) is 0. The summed E-state index contributed by atoms with van der Waals surface area (Å²) in [7, 11) is 0. The lowest BCUT2D eigenvalue weighted by Gasteiger charge is -2.02. The van der Waals surface area contributed by atoms with Crippen molar-refractivity contribution in [1.82, 2.24) is 0 Å². The molecule has 0 heterocycles. The van der Waals surface area contributed by atoms with Gasteiger partial charge < -0.3 is 16.3 Å². The molecular formula is C13H14N2O. The molecule has 0 amide bonds. The van der Waals surface area contributed by atoms with E-state index in [-0.39, 0.29) is 0 Å². The number of hydrogen-bond donors (Lipinski definition) is 2. The van der Waals surface area contributed by atoms with Crippen molar-refractivity contribution < 1.29 is 4.79 Å². The molecule has 2 rings (SSSR count). The van der Waals surface area contributed by atoms with Crippen LogP contribution in [0.25, 0.3) is 11.1 Å². The van der Waals surface area contributed by atoms with Crippen molar-refractivity contribution in [3.05, 3.63) is 48.5 Å². The quantitative estimate of drug-likeness (QED) is 0.716. The van der Waals surface area contributed by atoms with E-state index in [1.807, 2.05) is 55.3 Å². The molecule has 16 heavy (non-hydrogen) atoms. The second-order valence-electron chi connectivity index (χ2n) is 3.24. The standard InChI is InChI=1S/C12H12N2.CH2O/c13-11-5-1-9(2-6-11)10-3-7-12(14)8-4-10;1-2/h1-8H,13-14H2;1H2. The van der Waals surface area contributed by atoms with Crippen molar-refractivity contribution in [2.45, 2.75) is 0 Å². The molecule has 0 saturated carbocycles. The van der Waals surface area contributed by atoms with Crippen LogP contribution in [0, 0.1) is 0 Å². The van der Waals surface area contributed by atoms with Gasteiger partial charge in [-0.25, -0.2) is 0 Å². The van der Waals surface area contributed by atoms with Gasteiger partial charge in [0.15, 0.2) is 0 Å². The lowest BCUT2D eigenvalue weighted by Crippen LogP contribution is -1.85. The van der Waals surface area contributed by atoms with Crippen molar-refractivity contribution in [1.29, 1.82) is 0 Å². The van der Waals surface area contributed by atoms with Crippen LogP contribution in [0.3, 0.4) is 0 Å². The van der Waals surface area contributed by atoms with Gasteiger partial charge in [0.1, 0.15) is 6.79 Å². The largest absolute Gasteiger partial charge is 0.399 e. The SMILES string of the molecule is C=O.Nc1ccc(-c2ccc(N)cc2)cc1. The first-order valence-electron chi connectivity index (χ1n) is 4.76. The Labute approximate surface area is 94.7 Å². The van der Waals surface area contributed by atoms with E-state index in [1.54, 1.807) is 0 Å². The first-order chi connectivity index (χ1) is 7.75. The molecule has 0 aliphatic rings. The van der Waals surface area contributed by atoms with Gasteiger partial charge in [0, 0.05) is 11.4 Å². The van der Waals surface area contributed by atoms with Crippen molar-refractivity contribution >= 4 is 18.2 Å². The zero-order chi connectivity index (χ0) is 12.0. The highest BCUT2D eigenvalue weighted by molar-refractivity contribution is 5.67. The van der Waals surface area contributed by atoms with E-state index < -0.39 is 0 Å². The summed E-state index contributed by atoms with van der Waals surface area (Å²) in [4.78, 5) is 8.00. The summed E-state index contributed by atoms with van der Waals surface area (Å²) in [6, 6.07) is 15.6. The summed E-state index contributed by atoms with van der Waals surface area (Å²) in [6.07, 6.45) is 0. The second kappa shape index (κ2) is 5.56. The zero-order valence-corrected chi connectivity index (χ0v) is 8.89. The van der Waals surface area contributed by atoms with Crippen molar-refractivity contribution in [2.24, 2.45) is 0 Å². The van der Waals surface area contributed by atoms with E-state index in [9.17, 15) is 0 Å². The number of carbonyl (C=O) groups is 1. The Morgan fingerprint density at radius 2 is 0.875 bits per heavy atom. The highest BCUT2D eigenvalue weighted by atomic mass is 16.1. The maximum absolute atomic E-state index is 8.00. The summed E-state index contributed by atoms with van der Waals surface area (Å²) in [5.41, 5.74) is 15.1. The number of nitrogen functional groups attached to an aromatic ring is 2. The molecule has 0 unspecified atom stereocenters. The molecule has 2 aromatic carbocycles. The van der Waals surface area contributed by atoms with E-state index >= 15 is 0 Å². The molecule has 0 spiro atoms. The van der Waals surface area contributed by atoms with Gasteiger partial charge in [0.2, 0.25) is 0 Å². The minimum absolute atomic E-state index is 0.782. The lowest BCUT2D eigenvalue weighted by molar-refractivity contribution is -0.0979. The zero-order valence-electron chi connectivity index (χ0n) is 8.89. The minimum atomic E-state index is 0.782. The summed E-state index contributed by atoms with van der Waals surface area (Å²) in [5.74, 6) is 0. The van der Waals surface area contributed by atoms with Gasteiger partial charge in [-0.1, -0.05) is 24.3 Å². The highest BCUT2D eigenvalue weighted by Crippen LogP contribution is 2.21. The van der Waals surface area contributed by atoms with Crippen LogP contribution in [0.1, 0.15) is 0 Å². The Hall–Kier alpha value is -2.29. The predicted molar refractivity (Wildman–Crippen MR) is 67.8 cm³/mol. The van der Waals surface area contributed by atoms with Gasteiger partial charge in [-0.05, 0) is 35.4 Å². The van der Waals surface area contributed by atoms with Gasteiger partial charge in [-0.15, -0.1) is 0 Å². The fraction of sp³-hybridized carbons (Fsp3) is 0. The number of hydrogen-bond acceptors (Lipinski definition) is 3. The van der Waals surface area contributed by atoms with Crippen molar-refractivity contribution in [2.75, 3.05) is 11.5 Å². The van der Waals surface area contributed by atoms with E-state index in [0.717, 1.165) is 22.5 Å². The smallest absolute Gasteiger partial charge is 0.106 e. The van der Waals surface area contributed by atoms with Crippen LogP contribution in [0.15, 0.2) is 48.5 Å². The Kier molecular flexibility index (Phi) is 4.09. The maximum atomic E-state index is 8.00. The molecule has 4 N–H and O–H groups in total. The van der Waals surface area contributed by atoms with Crippen LogP contribution in [0.2, 0.25) is 0 Å². The normalized spacial score (nSPS) is 9.00. The fourth-order valence-electron chi connectivity index (χ4n) is 1.35. The molecular weight excluding hydrogens is 200 g/mol. The highest BCUT2D eigenvalue weighted by Gasteiger charge is 1.95. The van der Waals surface area contributed by atoms with Crippen molar-refractivity contribution in [3.8, 4) is 11.1 Å². The third-order valence-electron chi connectivity index (χ3n) is 2.15. The minimum Gasteiger partial charge on any atom is -0.399 e. The molecule has 0 atom stereocenters. The molecule has 3 heteroatoms. The van der Waals surface area contributed by atoms with Crippen LogP contribution < -0.4 is 11.5 Å². The molecule has 3 nitrogen and oxygen atoms in total. The number of anilines is 2. The first kappa shape index (κ1) is 11.8. The molecule has 0 aliphatic carbocycles. The van der Waals surface area contributed by atoms with E-state index in [2.05, 4.69) is 0 Å². The van der Waals surface area contributed by atoms with Gasteiger partial charge in [-0.2, -0.15) is 0 Å². The Balaban J connectivity index is 0.000000606. The third-order valence-corrected chi connectivity index (χ3v) is 2.15. The summed E-state index contributed by atoms with van der Waals surface area (Å²) in [6.45, 7) is 2.00. The maximum Gasteiger partial charge on any atom is 0.106 e.